The van der Waals surface area contributed by atoms with Crippen molar-refractivity contribution in [3.63, 3.8) is 0 Å². The average Bonchev–Trinajstić information content (AvgIpc) is 2.31. The molecular formula is C12H9FO4. The molecule has 0 fully saturated rings. The summed E-state index contributed by atoms with van der Waals surface area (Å²) in [6.45, 7) is 1.32. The number of aromatic hydroxyl groups is 2. The molecule has 0 atom stereocenters. The molecule has 4 nitrogen and oxygen atoms in total. The van der Waals surface area contributed by atoms with Crippen LogP contribution >= 0.6 is 0 Å². The highest BCUT2D eigenvalue weighted by Crippen LogP contribution is 2.31. The zero-order chi connectivity index (χ0) is 12.6. The van der Waals surface area contributed by atoms with E-state index in [0.29, 0.717) is 0 Å². The molecule has 1 aromatic heterocycles. The molecule has 0 unspecified atom stereocenters. The smallest absolute Gasteiger partial charge is 0.289 e. The van der Waals surface area contributed by atoms with Crippen molar-refractivity contribution in [2.75, 3.05) is 0 Å². The predicted octanol–water partition coefficient (Wildman–Crippen LogP) is 2.17. The Morgan fingerprint density at radius 1 is 1.29 bits per heavy atom. The number of benzene rings is 1. The molecule has 2 N–H and O–H groups in total. The molecule has 0 saturated carbocycles. The molecule has 0 amide bonds. The van der Waals surface area contributed by atoms with Crippen molar-refractivity contribution in [1.29, 1.82) is 0 Å². The minimum atomic E-state index is -0.743. The number of hydrogen-bond acceptors (Lipinski definition) is 4. The first-order valence-electron chi connectivity index (χ1n) is 4.82. The number of hydrogen-bond donors (Lipinski definition) is 2. The van der Waals surface area contributed by atoms with Crippen LogP contribution in [0.25, 0.3) is 11.3 Å². The molecule has 5 heteroatoms. The maximum atomic E-state index is 13.0. The molecule has 0 aliphatic carbocycles. The van der Waals surface area contributed by atoms with E-state index < -0.39 is 22.9 Å². The van der Waals surface area contributed by atoms with Crippen LogP contribution in [0.1, 0.15) is 5.56 Å². The Morgan fingerprint density at radius 3 is 2.65 bits per heavy atom. The molecule has 0 bridgehead atoms. The monoisotopic (exact) mass is 236 g/mol. The summed E-state index contributed by atoms with van der Waals surface area (Å²) in [5.74, 6) is -2.03. The molecule has 0 spiro atoms. The summed E-state index contributed by atoms with van der Waals surface area (Å²) in [6, 6.07) is 5.16. The molecule has 2 aromatic rings. The second-order valence-electron chi connectivity index (χ2n) is 3.55. The Bertz CT molecular complexity index is 631. The lowest BCUT2D eigenvalue weighted by Crippen LogP contribution is -2.05. The number of rotatable bonds is 1. The Kier molecular flexibility index (Phi) is 2.59. The molecule has 2 rings (SSSR count). The van der Waals surface area contributed by atoms with E-state index in [-0.39, 0.29) is 16.9 Å². The minimum absolute atomic E-state index is 0.0948. The van der Waals surface area contributed by atoms with Gasteiger partial charge in [-0.25, -0.2) is 4.39 Å². The Labute approximate surface area is 95.6 Å². The first kappa shape index (κ1) is 11.2. The third-order valence-electron chi connectivity index (χ3n) is 2.38. The predicted molar refractivity (Wildman–Crippen MR) is 58.4 cm³/mol. The summed E-state index contributed by atoms with van der Waals surface area (Å²) in [7, 11) is 0. The van der Waals surface area contributed by atoms with Gasteiger partial charge in [0, 0.05) is 5.56 Å². The van der Waals surface area contributed by atoms with E-state index in [1.54, 1.807) is 0 Å². The fourth-order valence-electron chi connectivity index (χ4n) is 1.42. The highest BCUT2D eigenvalue weighted by atomic mass is 19.1. The minimum Gasteiger partial charge on any atom is -0.502 e. The average molecular weight is 236 g/mol. The van der Waals surface area contributed by atoms with Crippen LogP contribution in [-0.2, 0) is 0 Å². The van der Waals surface area contributed by atoms with Gasteiger partial charge in [0.2, 0.25) is 11.2 Å². The van der Waals surface area contributed by atoms with E-state index in [1.165, 1.54) is 25.1 Å². The number of halogens is 1. The van der Waals surface area contributed by atoms with Gasteiger partial charge in [0.25, 0.3) is 5.95 Å². The molecule has 1 heterocycles. The first-order valence-corrected chi connectivity index (χ1v) is 4.82. The van der Waals surface area contributed by atoms with Crippen molar-refractivity contribution in [2.45, 2.75) is 6.92 Å². The van der Waals surface area contributed by atoms with Crippen molar-refractivity contribution in [3.05, 3.63) is 45.9 Å². The van der Waals surface area contributed by atoms with E-state index >= 15 is 0 Å². The highest BCUT2D eigenvalue weighted by molar-refractivity contribution is 5.64. The van der Waals surface area contributed by atoms with Crippen molar-refractivity contribution in [2.24, 2.45) is 0 Å². The second kappa shape index (κ2) is 3.93. The summed E-state index contributed by atoms with van der Waals surface area (Å²) in [6.07, 6.45) is 0. The second-order valence-corrected chi connectivity index (χ2v) is 3.55. The summed E-state index contributed by atoms with van der Waals surface area (Å²) in [5, 5.41) is 19.0. The standard InChI is InChI=1S/C12H9FO4/c1-6-9(14)10(15)11(17-12(6)16)7-3-2-4-8(13)5-7/h2-5,15-16H,1H3. The van der Waals surface area contributed by atoms with Gasteiger partial charge in [-0.05, 0) is 19.1 Å². The van der Waals surface area contributed by atoms with Crippen molar-refractivity contribution in [3.8, 4) is 23.0 Å². The van der Waals surface area contributed by atoms with Gasteiger partial charge in [0.15, 0.2) is 5.76 Å². The fraction of sp³-hybridized carbons (Fsp3) is 0.0833. The summed E-state index contributed by atoms with van der Waals surface area (Å²) in [5.41, 5.74) is -0.662. The zero-order valence-electron chi connectivity index (χ0n) is 8.90. The lowest BCUT2D eigenvalue weighted by molar-refractivity contribution is 0.312. The van der Waals surface area contributed by atoms with Crippen molar-refractivity contribution >= 4 is 0 Å². The maximum absolute atomic E-state index is 13.0. The van der Waals surface area contributed by atoms with Crippen LogP contribution in [0.5, 0.6) is 11.7 Å². The van der Waals surface area contributed by atoms with Crippen LogP contribution < -0.4 is 5.43 Å². The van der Waals surface area contributed by atoms with E-state index in [2.05, 4.69) is 0 Å². The van der Waals surface area contributed by atoms with Gasteiger partial charge >= 0.3 is 0 Å². The first-order chi connectivity index (χ1) is 8.00. The third kappa shape index (κ3) is 1.87. The van der Waals surface area contributed by atoms with Gasteiger partial charge in [-0.15, -0.1) is 0 Å². The van der Waals surface area contributed by atoms with Crippen LogP contribution in [0, 0.1) is 12.7 Å². The summed E-state index contributed by atoms with van der Waals surface area (Å²) >= 11 is 0. The topological polar surface area (TPSA) is 70.7 Å². The molecule has 0 radical (unpaired) electrons. The molecular weight excluding hydrogens is 227 g/mol. The molecule has 0 aliphatic heterocycles. The Hall–Kier alpha value is -2.30. The molecule has 88 valence electrons. The SMILES string of the molecule is Cc1c(O)oc(-c2cccc(F)c2)c(O)c1=O. The van der Waals surface area contributed by atoms with Crippen LogP contribution in [0.2, 0.25) is 0 Å². The molecule has 0 saturated heterocycles. The van der Waals surface area contributed by atoms with Crippen molar-refractivity contribution in [1.82, 2.24) is 0 Å². The zero-order valence-corrected chi connectivity index (χ0v) is 8.90. The van der Waals surface area contributed by atoms with E-state index in [9.17, 15) is 19.4 Å². The van der Waals surface area contributed by atoms with Gasteiger partial charge in [-0.3, -0.25) is 4.79 Å². The van der Waals surface area contributed by atoms with Crippen LogP contribution in [-0.4, -0.2) is 10.2 Å². The van der Waals surface area contributed by atoms with Crippen molar-refractivity contribution < 1.29 is 19.0 Å². The van der Waals surface area contributed by atoms with Gasteiger partial charge in [-0.1, -0.05) is 12.1 Å². The molecule has 1 aromatic carbocycles. The maximum Gasteiger partial charge on any atom is 0.289 e. The molecule has 17 heavy (non-hydrogen) atoms. The lowest BCUT2D eigenvalue weighted by Gasteiger charge is -2.05. The van der Waals surface area contributed by atoms with Crippen LogP contribution in [0.3, 0.4) is 0 Å². The van der Waals surface area contributed by atoms with Crippen LogP contribution in [0.4, 0.5) is 4.39 Å². The Morgan fingerprint density at radius 2 is 2.00 bits per heavy atom. The van der Waals surface area contributed by atoms with Gasteiger partial charge in [0.05, 0.1) is 5.56 Å². The summed E-state index contributed by atoms with van der Waals surface area (Å²) < 4.78 is 17.9. The van der Waals surface area contributed by atoms with Gasteiger partial charge in [-0.2, -0.15) is 0 Å². The fourth-order valence-corrected chi connectivity index (χ4v) is 1.42. The third-order valence-corrected chi connectivity index (χ3v) is 2.38. The van der Waals surface area contributed by atoms with Gasteiger partial charge < -0.3 is 14.6 Å². The van der Waals surface area contributed by atoms with E-state index in [4.69, 9.17) is 4.42 Å². The normalized spacial score (nSPS) is 10.5. The largest absolute Gasteiger partial charge is 0.502 e. The van der Waals surface area contributed by atoms with E-state index in [1.807, 2.05) is 0 Å². The molecule has 0 aliphatic rings. The quantitative estimate of drug-likeness (QED) is 0.796. The van der Waals surface area contributed by atoms with Gasteiger partial charge in [0.1, 0.15) is 5.82 Å². The van der Waals surface area contributed by atoms with Crippen LogP contribution in [0.15, 0.2) is 33.5 Å². The summed E-state index contributed by atoms with van der Waals surface area (Å²) in [4.78, 5) is 11.5. The lowest BCUT2D eigenvalue weighted by atomic mass is 10.1. The van der Waals surface area contributed by atoms with E-state index in [0.717, 1.165) is 6.07 Å². The highest BCUT2D eigenvalue weighted by Gasteiger charge is 2.17. The Balaban J connectivity index is 2.73.